The molecule has 0 fully saturated rings. The van der Waals surface area contributed by atoms with Crippen molar-refractivity contribution in [2.24, 2.45) is 0 Å². The predicted octanol–water partition coefficient (Wildman–Crippen LogP) is 2.68. The van der Waals surface area contributed by atoms with E-state index in [1.165, 1.54) is 4.90 Å². The minimum absolute atomic E-state index is 0.409. The minimum atomic E-state index is -0.645. The number of nitrogens with zero attached hydrogens (tertiary/aromatic N) is 1. The van der Waals surface area contributed by atoms with Gasteiger partial charge in [-0.05, 0) is 36.8 Å². The van der Waals surface area contributed by atoms with Crippen LogP contribution in [0.2, 0.25) is 0 Å². The number of hydrogen-bond acceptors (Lipinski definition) is 3. The highest BCUT2D eigenvalue weighted by Crippen LogP contribution is 2.15. The van der Waals surface area contributed by atoms with Crippen molar-refractivity contribution in [3.05, 3.63) is 60.2 Å². The van der Waals surface area contributed by atoms with Gasteiger partial charge < -0.3 is 15.0 Å². The Morgan fingerprint density at radius 2 is 1.70 bits per heavy atom. The Balaban J connectivity index is 2.00. The lowest BCUT2D eigenvalue weighted by molar-refractivity contribution is -0.143. The van der Waals surface area contributed by atoms with Gasteiger partial charge in [-0.15, -0.1) is 0 Å². The number of ether oxygens (including phenoxy) is 1. The lowest BCUT2D eigenvalue weighted by Gasteiger charge is -2.20. The number of carbonyl (C=O) groups is 2. The normalized spacial score (nSPS) is 10.0. The Bertz CT molecular complexity index is 654. The molecule has 0 aliphatic rings. The number of likely N-dealkylation sites (N-methyl/N-ethyl adjacent to an activating group) is 1. The van der Waals surface area contributed by atoms with Gasteiger partial charge in [-0.2, -0.15) is 0 Å². The summed E-state index contributed by atoms with van der Waals surface area (Å²) in [5.74, 6) is -0.506. The molecule has 0 bridgehead atoms. The number of benzene rings is 2. The second kappa shape index (κ2) is 7.98. The lowest BCUT2D eigenvalue weighted by atomic mass is 10.2. The Morgan fingerprint density at radius 3 is 2.26 bits per heavy atom. The van der Waals surface area contributed by atoms with Gasteiger partial charge in [-0.3, -0.25) is 9.59 Å². The summed E-state index contributed by atoms with van der Waals surface area (Å²) in [4.78, 5) is 25.9. The van der Waals surface area contributed by atoms with Crippen molar-refractivity contribution in [2.75, 3.05) is 19.0 Å². The maximum atomic E-state index is 12.3. The van der Waals surface area contributed by atoms with E-state index in [1.807, 2.05) is 37.3 Å². The monoisotopic (exact) mass is 312 g/mol. The van der Waals surface area contributed by atoms with Crippen molar-refractivity contribution < 1.29 is 14.3 Å². The Labute approximate surface area is 135 Å². The highest BCUT2D eigenvalue weighted by atomic mass is 16.5. The number of anilines is 1. The molecule has 0 aromatic heterocycles. The average molecular weight is 312 g/mol. The first-order valence-electron chi connectivity index (χ1n) is 7.42. The van der Waals surface area contributed by atoms with E-state index in [4.69, 9.17) is 4.74 Å². The summed E-state index contributed by atoms with van der Waals surface area (Å²) < 4.78 is 5.06. The summed E-state index contributed by atoms with van der Waals surface area (Å²) in [6.07, 6.45) is 0. The smallest absolute Gasteiger partial charge is 0.313 e. The van der Waals surface area contributed by atoms with E-state index in [1.54, 1.807) is 31.4 Å². The third-order valence-corrected chi connectivity index (χ3v) is 3.43. The van der Waals surface area contributed by atoms with Gasteiger partial charge in [0.05, 0.1) is 7.11 Å². The average Bonchev–Trinajstić information content (AvgIpc) is 2.60. The largest absolute Gasteiger partial charge is 0.497 e. The Hall–Kier alpha value is -2.82. The molecule has 5 nitrogen and oxygen atoms in total. The van der Waals surface area contributed by atoms with Crippen LogP contribution in [0.25, 0.3) is 0 Å². The second-order valence-electron chi connectivity index (χ2n) is 4.99. The SMILES string of the molecule is CCN(Cc1ccccc1)C(=O)C(=O)Nc1ccc(OC)cc1. The number of methoxy groups -OCH3 is 1. The molecule has 0 spiro atoms. The van der Waals surface area contributed by atoms with Crippen LogP contribution >= 0.6 is 0 Å². The highest BCUT2D eigenvalue weighted by Gasteiger charge is 2.20. The number of hydrogen-bond donors (Lipinski definition) is 1. The quantitative estimate of drug-likeness (QED) is 0.864. The van der Waals surface area contributed by atoms with Gasteiger partial charge in [-0.1, -0.05) is 30.3 Å². The van der Waals surface area contributed by atoms with E-state index >= 15 is 0 Å². The van der Waals surface area contributed by atoms with Crippen molar-refractivity contribution in [2.45, 2.75) is 13.5 Å². The van der Waals surface area contributed by atoms with E-state index in [2.05, 4.69) is 5.32 Å². The number of carbonyl (C=O) groups excluding carboxylic acids is 2. The van der Waals surface area contributed by atoms with Crippen LogP contribution in [0.4, 0.5) is 5.69 Å². The molecule has 1 N–H and O–H groups in total. The molecule has 2 aromatic carbocycles. The van der Waals surface area contributed by atoms with Gasteiger partial charge in [0.15, 0.2) is 0 Å². The van der Waals surface area contributed by atoms with Crippen LogP contribution < -0.4 is 10.1 Å². The van der Waals surface area contributed by atoms with Crippen LogP contribution in [0.5, 0.6) is 5.75 Å². The topological polar surface area (TPSA) is 58.6 Å². The van der Waals surface area contributed by atoms with Crippen molar-refractivity contribution in [3.63, 3.8) is 0 Å². The van der Waals surface area contributed by atoms with E-state index in [-0.39, 0.29) is 0 Å². The third kappa shape index (κ3) is 4.57. The maximum absolute atomic E-state index is 12.3. The third-order valence-electron chi connectivity index (χ3n) is 3.43. The van der Waals surface area contributed by atoms with Gasteiger partial charge in [0.1, 0.15) is 5.75 Å². The second-order valence-corrected chi connectivity index (χ2v) is 4.99. The molecule has 23 heavy (non-hydrogen) atoms. The number of amides is 2. The van der Waals surface area contributed by atoms with Crippen LogP contribution in [-0.4, -0.2) is 30.4 Å². The molecule has 0 heterocycles. The van der Waals surface area contributed by atoms with Crippen molar-refractivity contribution in [1.82, 2.24) is 4.90 Å². The molecule has 0 radical (unpaired) electrons. The van der Waals surface area contributed by atoms with Crippen LogP contribution in [0.3, 0.4) is 0 Å². The van der Waals surface area contributed by atoms with Gasteiger partial charge >= 0.3 is 11.8 Å². The van der Waals surface area contributed by atoms with Gasteiger partial charge in [0, 0.05) is 18.8 Å². The summed E-state index contributed by atoms with van der Waals surface area (Å²) in [7, 11) is 1.57. The fraction of sp³-hybridized carbons (Fsp3) is 0.222. The zero-order valence-electron chi connectivity index (χ0n) is 13.3. The minimum Gasteiger partial charge on any atom is -0.497 e. The number of nitrogens with one attached hydrogen (secondary N) is 1. The molecule has 0 saturated heterocycles. The summed E-state index contributed by atoms with van der Waals surface area (Å²) in [5.41, 5.74) is 1.54. The van der Waals surface area contributed by atoms with E-state index in [9.17, 15) is 9.59 Å². The summed E-state index contributed by atoms with van der Waals surface area (Å²) in [6.45, 7) is 2.72. The molecule has 0 aliphatic carbocycles. The van der Waals surface area contributed by atoms with Crippen molar-refractivity contribution >= 4 is 17.5 Å². The predicted molar refractivity (Wildman–Crippen MR) is 89.2 cm³/mol. The maximum Gasteiger partial charge on any atom is 0.313 e. The first-order valence-corrected chi connectivity index (χ1v) is 7.42. The summed E-state index contributed by atoms with van der Waals surface area (Å²) >= 11 is 0. The number of rotatable bonds is 5. The van der Waals surface area contributed by atoms with E-state index < -0.39 is 11.8 Å². The lowest BCUT2D eigenvalue weighted by Crippen LogP contribution is -2.39. The fourth-order valence-electron chi connectivity index (χ4n) is 2.13. The van der Waals surface area contributed by atoms with Crippen molar-refractivity contribution in [1.29, 1.82) is 0 Å². The summed E-state index contributed by atoms with van der Waals surface area (Å²) in [6, 6.07) is 16.4. The van der Waals surface area contributed by atoms with Crippen LogP contribution in [0.1, 0.15) is 12.5 Å². The summed E-state index contributed by atoms with van der Waals surface area (Å²) in [5, 5.41) is 2.61. The van der Waals surface area contributed by atoms with Crippen molar-refractivity contribution in [3.8, 4) is 5.75 Å². The zero-order chi connectivity index (χ0) is 16.7. The van der Waals surface area contributed by atoms with E-state index in [0.717, 1.165) is 5.56 Å². The molecule has 2 amide bonds. The molecule has 0 atom stereocenters. The first-order chi connectivity index (χ1) is 11.1. The molecule has 5 heteroatoms. The van der Waals surface area contributed by atoms with Crippen LogP contribution in [0.15, 0.2) is 54.6 Å². The fourth-order valence-corrected chi connectivity index (χ4v) is 2.13. The molecule has 2 rings (SSSR count). The highest BCUT2D eigenvalue weighted by molar-refractivity contribution is 6.39. The van der Waals surface area contributed by atoms with Gasteiger partial charge in [0.2, 0.25) is 0 Å². The van der Waals surface area contributed by atoms with Gasteiger partial charge in [-0.25, -0.2) is 0 Å². The van der Waals surface area contributed by atoms with Gasteiger partial charge in [0.25, 0.3) is 0 Å². The Morgan fingerprint density at radius 1 is 1.04 bits per heavy atom. The zero-order valence-corrected chi connectivity index (χ0v) is 13.3. The van der Waals surface area contributed by atoms with E-state index in [0.29, 0.717) is 24.5 Å². The molecule has 0 aliphatic heterocycles. The molecule has 0 saturated carbocycles. The standard InChI is InChI=1S/C18H20N2O3/c1-3-20(13-14-7-5-4-6-8-14)18(22)17(21)19-15-9-11-16(23-2)12-10-15/h4-12H,3,13H2,1-2H3,(H,19,21). The van der Waals surface area contributed by atoms with Crippen LogP contribution in [-0.2, 0) is 16.1 Å². The molecule has 120 valence electrons. The van der Waals surface area contributed by atoms with Crippen LogP contribution in [0, 0.1) is 0 Å². The Kier molecular flexibility index (Phi) is 5.74. The molecular weight excluding hydrogens is 292 g/mol. The molecule has 2 aromatic rings. The first kappa shape index (κ1) is 16.5. The molecular formula is C18H20N2O3. The molecule has 0 unspecified atom stereocenters.